The van der Waals surface area contributed by atoms with Crippen molar-refractivity contribution >= 4 is 29.3 Å². The van der Waals surface area contributed by atoms with Crippen LogP contribution in [-0.2, 0) is 37.5 Å². The Morgan fingerprint density at radius 2 is 1.86 bits per heavy atom. The van der Waals surface area contributed by atoms with Crippen molar-refractivity contribution in [2.45, 2.75) is 56.6 Å². The fraction of sp³-hybridized carbons (Fsp3) is 0.370. The lowest BCUT2D eigenvalue weighted by Gasteiger charge is -2.36. The monoisotopic (exact) mass is 525 g/mol. The number of thioether (sulfide) groups is 1. The quantitative estimate of drug-likeness (QED) is 0.317. The van der Waals surface area contributed by atoms with E-state index in [1.807, 2.05) is 54.2 Å². The lowest BCUT2D eigenvalue weighted by molar-refractivity contribution is -0.245. The predicted molar refractivity (Wildman–Crippen MR) is 139 cm³/mol. The zero-order chi connectivity index (χ0) is 26.4. The molecule has 0 aliphatic carbocycles. The Labute approximate surface area is 220 Å². The lowest BCUT2D eigenvalue weighted by atomic mass is 10.0. The number of rotatable bonds is 9. The van der Waals surface area contributed by atoms with Gasteiger partial charge >= 0.3 is 5.97 Å². The lowest BCUT2D eigenvalue weighted by Crippen LogP contribution is -2.31. The molecule has 37 heavy (non-hydrogen) atoms. The van der Waals surface area contributed by atoms with E-state index in [1.165, 1.54) is 13.8 Å². The molecule has 196 valence electrons. The fourth-order valence-corrected chi connectivity index (χ4v) is 4.90. The molecular formula is C27H31N3O6S. The van der Waals surface area contributed by atoms with Crippen LogP contribution in [0.5, 0.6) is 0 Å². The van der Waals surface area contributed by atoms with Crippen LogP contribution < -0.4 is 5.32 Å². The highest BCUT2D eigenvalue weighted by atomic mass is 32.2. The normalized spacial score (nSPS) is 20.3. The number of hydrogen-bond acceptors (Lipinski definition) is 8. The number of nitrogens with zero attached hydrogens (tertiary/aromatic N) is 2. The van der Waals surface area contributed by atoms with E-state index in [0.29, 0.717) is 17.9 Å². The number of carbonyl (C=O) groups excluding carboxylic acids is 2. The van der Waals surface area contributed by atoms with E-state index in [9.17, 15) is 14.7 Å². The first-order valence-corrected chi connectivity index (χ1v) is 13.0. The molecule has 1 saturated heterocycles. The standard InChI is InChI=1S/C27H31N3O6S/c1-17(34-18(2)32)25(33)29-22-10-8-21(9-11-22)26-35-23(16-37-27-28-12-13-30(27)3)14-24(36-26)20-6-4-19(15-31)5-7-20/h4-13,17,23-24,26,31H,14-16H2,1-3H3,(H,29,33). The van der Waals surface area contributed by atoms with Crippen molar-refractivity contribution in [3.63, 3.8) is 0 Å². The summed E-state index contributed by atoms with van der Waals surface area (Å²) >= 11 is 1.63. The molecule has 1 fully saturated rings. The molecule has 0 radical (unpaired) electrons. The van der Waals surface area contributed by atoms with E-state index < -0.39 is 24.3 Å². The summed E-state index contributed by atoms with van der Waals surface area (Å²) < 4.78 is 19.6. The molecule has 0 saturated carbocycles. The van der Waals surface area contributed by atoms with Crippen molar-refractivity contribution in [3.05, 3.63) is 77.6 Å². The highest BCUT2D eigenvalue weighted by Crippen LogP contribution is 2.39. The van der Waals surface area contributed by atoms with Crippen LogP contribution in [0.2, 0.25) is 0 Å². The number of esters is 1. The maximum absolute atomic E-state index is 12.3. The first kappa shape index (κ1) is 26.9. The molecular weight excluding hydrogens is 494 g/mol. The van der Waals surface area contributed by atoms with Gasteiger partial charge in [0.05, 0.1) is 18.8 Å². The third-order valence-electron chi connectivity index (χ3n) is 5.95. The van der Waals surface area contributed by atoms with Crippen molar-refractivity contribution in [1.82, 2.24) is 9.55 Å². The van der Waals surface area contributed by atoms with Crippen molar-refractivity contribution in [1.29, 1.82) is 0 Å². The Hall–Kier alpha value is -3.18. The van der Waals surface area contributed by atoms with Gasteiger partial charge in [-0.3, -0.25) is 9.59 Å². The van der Waals surface area contributed by atoms with Gasteiger partial charge < -0.3 is 29.2 Å². The van der Waals surface area contributed by atoms with Crippen molar-refractivity contribution < 1.29 is 28.9 Å². The number of benzene rings is 2. The minimum atomic E-state index is -0.892. The van der Waals surface area contributed by atoms with E-state index in [2.05, 4.69) is 10.3 Å². The summed E-state index contributed by atoms with van der Waals surface area (Å²) in [6, 6.07) is 15.0. The highest BCUT2D eigenvalue weighted by molar-refractivity contribution is 7.99. The molecule has 0 bridgehead atoms. The summed E-state index contributed by atoms with van der Waals surface area (Å²) in [5.74, 6) is -0.218. The Balaban J connectivity index is 1.47. The summed E-state index contributed by atoms with van der Waals surface area (Å²) in [5, 5.41) is 13.0. The molecule has 10 heteroatoms. The van der Waals surface area contributed by atoms with Gasteiger partial charge in [0.2, 0.25) is 0 Å². The smallest absolute Gasteiger partial charge is 0.303 e. The number of imidazole rings is 1. The second kappa shape index (κ2) is 12.4. The average molecular weight is 526 g/mol. The Morgan fingerprint density at radius 1 is 1.16 bits per heavy atom. The van der Waals surface area contributed by atoms with Crippen molar-refractivity contribution in [3.8, 4) is 0 Å². The van der Waals surface area contributed by atoms with Gasteiger partial charge in [-0.2, -0.15) is 0 Å². The molecule has 9 nitrogen and oxygen atoms in total. The summed E-state index contributed by atoms with van der Waals surface area (Å²) in [7, 11) is 1.96. The maximum atomic E-state index is 12.3. The average Bonchev–Trinajstić information content (AvgIpc) is 3.31. The first-order valence-electron chi connectivity index (χ1n) is 12.0. The van der Waals surface area contributed by atoms with Crippen LogP contribution in [0.25, 0.3) is 0 Å². The minimum absolute atomic E-state index is 0.0109. The number of aliphatic hydroxyl groups is 1. The van der Waals surface area contributed by atoms with Crippen LogP contribution in [0.15, 0.2) is 66.1 Å². The fourth-order valence-electron chi connectivity index (χ4n) is 3.95. The molecule has 1 aromatic heterocycles. The van der Waals surface area contributed by atoms with E-state index >= 15 is 0 Å². The van der Waals surface area contributed by atoms with Crippen LogP contribution >= 0.6 is 11.8 Å². The number of aromatic nitrogens is 2. The number of nitrogens with one attached hydrogen (secondary N) is 1. The molecule has 0 spiro atoms. The number of aryl methyl sites for hydroxylation is 1. The predicted octanol–water partition coefficient (Wildman–Crippen LogP) is 4.14. The molecule has 3 aromatic rings. The van der Waals surface area contributed by atoms with E-state index in [1.54, 1.807) is 30.1 Å². The van der Waals surface area contributed by atoms with E-state index in [4.69, 9.17) is 14.2 Å². The van der Waals surface area contributed by atoms with Crippen molar-refractivity contribution in [2.24, 2.45) is 7.05 Å². The Morgan fingerprint density at radius 3 is 2.49 bits per heavy atom. The summed E-state index contributed by atoms with van der Waals surface area (Å²) in [5.41, 5.74) is 3.24. The topological polar surface area (TPSA) is 112 Å². The number of ether oxygens (including phenoxy) is 3. The van der Waals surface area contributed by atoms with Gasteiger partial charge in [-0.25, -0.2) is 4.98 Å². The molecule has 2 N–H and O–H groups in total. The zero-order valence-corrected chi connectivity index (χ0v) is 21.8. The van der Waals surface area contributed by atoms with E-state index in [-0.39, 0.29) is 18.8 Å². The van der Waals surface area contributed by atoms with Gasteiger partial charge in [0.1, 0.15) is 0 Å². The number of anilines is 1. The van der Waals surface area contributed by atoms with Gasteiger partial charge in [-0.15, -0.1) is 0 Å². The second-order valence-electron chi connectivity index (χ2n) is 8.84. The molecule has 1 aliphatic heterocycles. The SMILES string of the molecule is CC(=O)OC(C)C(=O)Nc1ccc(C2OC(CSc3nccn3C)CC(c3ccc(CO)cc3)O2)cc1. The number of hydrogen-bond donors (Lipinski definition) is 2. The molecule has 4 atom stereocenters. The number of carbonyl (C=O) groups is 2. The number of amides is 1. The van der Waals surface area contributed by atoms with E-state index in [0.717, 1.165) is 21.8 Å². The third kappa shape index (κ3) is 7.20. The molecule has 1 aliphatic rings. The first-order chi connectivity index (χ1) is 17.8. The van der Waals surface area contributed by atoms with Crippen LogP contribution in [0.3, 0.4) is 0 Å². The van der Waals surface area contributed by atoms with Crippen LogP contribution in [0.4, 0.5) is 5.69 Å². The molecule has 4 unspecified atom stereocenters. The summed E-state index contributed by atoms with van der Waals surface area (Å²) in [4.78, 5) is 27.7. The van der Waals surface area contributed by atoms with Crippen LogP contribution in [-0.4, -0.2) is 44.5 Å². The Bertz CT molecular complexity index is 1200. The summed E-state index contributed by atoms with van der Waals surface area (Å²) in [6.07, 6.45) is 2.58. The minimum Gasteiger partial charge on any atom is -0.453 e. The molecule has 4 rings (SSSR count). The maximum Gasteiger partial charge on any atom is 0.303 e. The zero-order valence-electron chi connectivity index (χ0n) is 21.0. The van der Waals surface area contributed by atoms with Gasteiger partial charge in [0, 0.05) is 49.8 Å². The molecule has 2 heterocycles. The van der Waals surface area contributed by atoms with Gasteiger partial charge in [-0.05, 0) is 30.2 Å². The molecule has 2 aromatic carbocycles. The summed E-state index contributed by atoms with van der Waals surface area (Å²) in [6.45, 7) is 2.77. The van der Waals surface area contributed by atoms with Crippen LogP contribution in [0, 0.1) is 0 Å². The largest absolute Gasteiger partial charge is 0.453 e. The highest BCUT2D eigenvalue weighted by Gasteiger charge is 2.32. The van der Waals surface area contributed by atoms with Crippen LogP contribution in [0.1, 0.15) is 49.4 Å². The Kier molecular flexibility index (Phi) is 8.99. The molecule has 1 amide bonds. The van der Waals surface area contributed by atoms with Gasteiger partial charge in [0.25, 0.3) is 5.91 Å². The van der Waals surface area contributed by atoms with Gasteiger partial charge in [0.15, 0.2) is 17.6 Å². The van der Waals surface area contributed by atoms with Gasteiger partial charge in [-0.1, -0.05) is 48.2 Å². The number of aliphatic hydroxyl groups excluding tert-OH is 1. The van der Waals surface area contributed by atoms with Crippen molar-refractivity contribution in [2.75, 3.05) is 11.1 Å². The second-order valence-corrected chi connectivity index (χ2v) is 9.83. The third-order valence-corrected chi connectivity index (χ3v) is 7.14.